The summed E-state index contributed by atoms with van der Waals surface area (Å²) in [7, 11) is 3.36. The van der Waals surface area contributed by atoms with Gasteiger partial charge in [-0.2, -0.15) is 0 Å². The van der Waals surface area contributed by atoms with E-state index in [-0.39, 0.29) is 24.7 Å². The molecule has 0 spiro atoms. The van der Waals surface area contributed by atoms with Crippen LogP contribution in [0.1, 0.15) is 33.1 Å². The van der Waals surface area contributed by atoms with E-state index in [0.717, 1.165) is 14.2 Å². The molecular weight excluding hydrogens is 573 g/mol. The van der Waals surface area contributed by atoms with Crippen LogP contribution >= 0.6 is 0 Å². The Kier molecular flexibility index (Phi) is 8.41. The first kappa shape index (κ1) is 32.4. The number of carbonyl (C=O) groups is 4. The van der Waals surface area contributed by atoms with Gasteiger partial charge in [0, 0.05) is 49.4 Å². The number of alkyl halides is 3. The van der Waals surface area contributed by atoms with Crippen molar-refractivity contribution < 1.29 is 71.7 Å². The molecule has 12 nitrogen and oxygen atoms in total. The molecule has 0 amide bonds. The first-order valence-electron chi connectivity index (χ1n) is 13.7. The molecule has 6 rings (SSSR count). The van der Waals surface area contributed by atoms with E-state index in [0.29, 0.717) is 6.42 Å². The van der Waals surface area contributed by atoms with Crippen LogP contribution in [0.2, 0.25) is 0 Å². The van der Waals surface area contributed by atoms with Crippen molar-refractivity contribution >= 4 is 23.9 Å². The normalized spacial score (nSPS) is 49.8. The maximum atomic E-state index is 14.1. The summed E-state index contributed by atoms with van der Waals surface area (Å²) in [6.45, 7) is 3.07. The lowest BCUT2D eigenvalue weighted by molar-refractivity contribution is -0.157. The van der Waals surface area contributed by atoms with Crippen LogP contribution < -0.4 is 0 Å². The lowest BCUT2D eigenvalue weighted by Crippen LogP contribution is -2.34. The Hall–Kier alpha value is -2.49. The molecule has 0 heterocycles. The summed E-state index contributed by atoms with van der Waals surface area (Å²) in [6.07, 6.45) is -3.30. The van der Waals surface area contributed by atoms with Crippen molar-refractivity contribution in [3.63, 3.8) is 0 Å². The van der Waals surface area contributed by atoms with Crippen molar-refractivity contribution in [3.05, 3.63) is 0 Å². The van der Waals surface area contributed by atoms with Crippen molar-refractivity contribution in [1.29, 1.82) is 0 Å². The van der Waals surface area contributed by atoms with Gasteiger partial charge in [0.05, 0.1) is 51.7 Å². The highest BCUT2D eigenvalue weighted by Crippen LogP contribution is 2.66. The number of halogens is 3. The Morgan fingerprint density at radius 2 is 0.929 bits per heavy atom. The molecule has 1 unspecified atom stereocenters. The maximum Gasteiger partial charge on any atom is 0.344 e. The van der Waals surface area contributed by atoms with Crippen molar-refractivity contribution in [2.75, 3.05) is 21.3 Å². The minimum Gasteiger partial charge on any atom is -0.467 e. The zero-order chi connectivity index (χ0) is 31.7. The molecule has 6 saturated carbocycles. The van der Waals surface area contributed by atoms with Gasteiger partial charge in [-0.15, -0.1) is 0 Å². The average Bonchev–Trinajstić information content (AvgIpc) is 3.78. The predicted molar refractivity (Wildman–Crippen MR) is 131 cm³/mol. The number of esters is 4. The van der Waals surface area contributed by atoms with Crippen molar-refractivity contribution in [3.8, 4) is 0 Å². The van der Waals surface area contributed by atoms with Crippen molar-refractivity contribution in [2.45, 2.75) is 80.6 Å². The van der Waals surface area contributed by atoms with E-state index in [1.54, 1.807) is 0 Å². The van der Waals surface area contributed by atoms with Gasteiger partial charge in [-0.05, 0) is 12.3 Å². The van der Waals surface area contributed by atoms with Gasteiger partial charge >= 0.3 is 23.9 Å². The van der Waals surface area contributed by atoms with Crippen LogP contribution in [0.5, 0.6) is 0 Å². The fourth-order valence-corrected chi connectivity index (χ4v) is 7.94. The first-order valence-corrected chi connectivity index (χ1v) is 13.7. The summed E-state index contributed by atoms with van der Waals surface area (Å²) in [5, 5.41) is 37.6. The van der Waals surface area contributed by atoms with E-state index in [1.165, 1.54) is 14.0 Å². The van der Waals surface area contributed by atoms with Gasteiger partial charge in [0.25, 0.3) is 0 Å². The number of fused-ring (bicyclic) bond motifs is 3. The number of methoxy groups -OCH3 is 3. The predicted octanol–water partition coefficient (Wildman–Crippen LogP) is -0.436. The third-order valence-electron chi connectivity index (χ3n) is 9.80. The second kappa shape index (κ2) is 10.9. The first-order chi connectivity index (χ1) is 19.5. The van der Waals surface area contributed by atoms with Crippen LogP contribution in [-0.2, 0) is 38.1 Å². The second-order valence-electron chi connectivity index (χ2n) is 12.0. The molecular formula is C27H37F3O12. The van der Waals surface area contributed by atoms with Crippen LogP contribution in [-0.4, -0.2) is 113 Å². The Morgan fingerprint density at radius 1 is 0.595 bits per heavy atom. The zero-order valence-corrected chi connectivity index (χ0v) is 23.7. The highest BCUT2D eigenvalue weighted by molar-refractivity contribution is 5.86. The molecule has 0 bridgehead atoms. The number of hydrogen-bond donors (Lipinski definition) is 4. The molecule has 0 radical (unpaired) electrons. The van der Waals surface area contributed by atoms with Gasteiger partial charge in [-0.1, -0.05) is 6.92 Å². The third-order valence-corrected chi connectivity index (χ3v) is 9.80. The fraction of sp³-hybridized carbons (Fsp3) is 0.852. The molecule has 0 saturated heterocycles. The van der Waals surface area contributed by atoms with Gasteiger partial charge in [-0.25, -0.2) is 27.6 Å². The summed E-state index contributed by atoms with van der Waals surface area (Å²) in [4.78, 5) is 44.1. The van der Waals surface area contributed by atoms with Gasteiger partial charge in [-0.3, -0.25) is 4.79 Å². The van der Waals surface area contributed by atoms with Crippen molar-refractivity contribution in [2.24, 2.45) is 41.4 Å². The summed E-state index contributed by atoms with van der Waals surface area (Å²) < 4.78 is 59.6. The molecule has 4 N–H and O–H groups in total. The number of aliphatic hydroxyl groups excluding tert-OH is 4. The minimum atomic E-state index is -2.19. The fourth-order valence-electron chi connectivity index (χ4n) is 7.94. The molecule has 0 aliphatic heterocycles. The highest BCUT2D eigenvalue weighted by atomic mass is 19.2. The Balaban J connectivity index is 0.000000146. The molecule has 6 fully saturated rings. The van der Waals surface area contributed by atoms with Gasteiger partial charge in [0.15, 0.2) is 0 Å². The molecule has 15 atom stereocenters. The van der Waals surface area contributed by atoms with Crippen LogP contribution in [0, 0.1) is 41.4 Å². The zero-order valence-electron chi connectivity index (χ0n) is 23.7. The van der Waals surface area contributed by atoms with E-state index < -0.39 is 101 Å². The molecule has 6 aliphatic carbocycles. The number of ether oxygens (including phenoxy) is 4. The van der Waals surface area contributed by atoms with E-state index in [2.05, 4.69) is 14.2 Å². The minimum absolute atomic E-state index is 0.0732. The molecule has 238 valence electrons. The van der Waals surface area contributed by atoms with Crippen LogP contribution in [0.15, 0.2) is 0 Å². The second-order valence-corrected chi connectivity index (χ2v) is 12.0. The number of carbonyl (C=O) groups excluding carboxylic acids is 4. The summed E-state index contributed by atoms with van der Waals surface area (Å²) >= 11 is 0. The number of aliphatic hydroxyl groups is 4. The Labute approximate surface area is 239 Å². The number of rotatable bonds is 4. The smallest absolute Gasteiger partial charge is 0.344 e. The molecule has 0 aromatic heterocycles. The topological polar surface area (TPSA) is 186 Å². The molecule has 15 heteroatoms. The van der Waals surface area contributed by atoms with Crippen molar-refractivity contribution in [1.82, 2.24) is 0 Å². The SMILES string of the molecule is COC(=O)C1(F)[C@@H]2[C@H]1[C@@H](O)C[C@H]2O.COC(=O)[C@]1(F)[C@@H]2[C@H]1[C@@H](C)C[C@H]2O.COC(=O)[C@]1(F)[C@@H]2[C@H]1[C@@H](O)C[C@H]2OC(C)=O. The summed E-state index contributed by atoms with van der Waals surface area (Å²) in [6, 6.07) is 0. The average molecular weight is 611 g/mol. The van der Waals surface area contributed by atoms with E-state index >= 15 is 0 Å². The van der Waals surface area contributed by atoms with E-state index in [1.807, 2.05) is 6.92 Å². The van der Waals surface area contributed by atoms with Crippen LogP contribution in [0.25, 0.3) is 0 Å². The summed E-state index contributed by atoms with van der Waals surface area (Å²) in [5.74, 6) is -7.23. The Morgan fingerprint density at radius 3 is 1.31 bits per heavy atom. The van der Waals surface area contributed by atoms with Crippen LogP contribution in [0.4, 0.5) is 13.2 Å². The highest BCUT2D eigenvalue weighted by Gasteiger charge is 2.82. The van der Waals surface area contributed by atoms with E-state index in [4.69, 9.17) is 4.74 Å². The standard InChI is InChI=1S/C10H13FO5.C9H13FO3.C8H11FO4/c1-4(12)16-6-3-5(13)7-8(6)10(7,11)9(14)15-2;1-4-3-5(11)7-6(4)9(7,10)8(12)13-2;1-13-7(12)8(9)5-3(10)2-4(11)6(5)8/h5-8,13H,3H2,1-2H3;4-7,11H,3H2,1-2H3;3-6,10-11H,2H2,1H3/t5-,6+,7+,8-,10+;4-,5+,6+,7-,9+;3-,4+,5+,6-,8?/m00./s1. The monoisotopic (exact) mass is 610 g/mol. The van der Waals surface area contributed by atoms with Gasteiger partial charge in [0.1, 0.15) is 6.10 Å². The van der Waals surface area contributed by atoms with Crippen LogP contribution in [0.3, 0.4) is 0 Å². The molecule has 42 heavy (non-hydrogen) atoms. The summed E-state index contributed by atoms with van der Waals surface area (Å²) in [5.41, 5.74) is -6.23. The number of hydrogen-bond acceptors (Lipinski definition) is 12. The lowest BCUT2D eigenvalue weighted by Gasteiger charge is -2.18. The lowest BCUT2D eigenvalue weighted by atomic mass is 9.99. The van der Waals surface area contributed by atoms with Gasteiger partial charge < -0.3 is 39.4 Å². The maximum absolute atomic E-state index is 14.1. The largest absolute Gasteiger partial charge is 0.467 e. The van der Waals surface area contributed by atoms with Gasteiger partial charge in [0.2, 0.25) is 17.0 Å². The quantitative estimate of drug-likeness (QED) is 0.238. The molecule has 0 aromatic carbocycles. The molecule has 0 aromatic rings. The third kappa shape index (κ3) is 4.67. The van der Waals surface area contributed by atoms with E-state index in [9.17, 15) is 52.8 Å². The molecule has 6 aliphatic rings. The Bertz CT molecular complexity index is 1040.